The van der Waals surface area contributed by atoms with Crippen molar-refractivity contribution in [3.05, 3.63) is 76.2 Å². The SMILES string of the molecule is CCCCCN1C(=O)C(O)=C(C(=O)c2cc3cc(Cl)ccc3o2)C1c1ccc(OC)cc1. The van der Waals surface area contributed by atoms with Crippen LogP contribution in [0, 0.1) is 0 Å². The summed E-state index contributed by atoms with van der Waals surface area (Å²) in [5, 5.41) is 11.9. The lowest BCUT2D eigenvalue weighted by atomic mass is 9.94. The molecule has 0 saturated heterocycles. The number of hydrogen-bond acceptors (Lipinski definition) is 5. The zero-order chi connectivity index (χ0) is 22.8. The Morgan fingerprint density at radius 3 is 2.59 bits per heavy atom. The number of Topliss-reactive ketones (excluding diaryl/α,β-unsaturated/α-hetero) is 1. The molecule has 2 heterocycles. The molecule has 0 bridgehead atoms. The van der Waals surface area contributed by atoms with Crippen molar-refractivity contribution in [1.82, 2.24) is 4.90 Å². The molecule has 166 valence electrons. The zero-order valence-electron chi connectivity index (χ0n) is 17.9. The number of benzene rings is 2. The lowest BCUT2D eigenvalue weighted by Gasteiger charge is -2.26. The first-order valence-corrected chi connectivity index (χ1v) is 10.9. The molecule has 6 nitrogen and oxygen atoms in total. The Morgan fingerprint density at radius 1 is 1.16 bits per heavy atom. The second-order valence-corrected chi connectivity index (χ2v) is 8.20. The molecular weight excluding hydrogens is 430 g/mol. The fourth-order valence-electron chi connectivity index (χ4n) is 4.04. The van der Waals surface area contributed by atoms with E-state index >= 15 is 0 Å². The molecule has 1 amide bonds. The molecule has 0 saturated carbocycles. The normalized spacial score (nSPS) is 16.3. The van der Waals surface area contributed by atoms with Gasteiger partial charge in [-0.2, -0.15) is 0 Å². The maximum absolute atomic E-state index is 13.5. The maximum atomic E-state index is 13.5. The van der Waals surface area contributed by atoms with Gasteiger partial charge in [0.05, 0.1) is 18.7 Å². The number of hydrogen-bond donors (Lipinski definition) is 1. The van der Waals surface area contributed by atoms with Crippen LogP contribution in [0.2, 0.25) is 5.02 Å². The Bertz CT molecular complexity index is 1190. The number of nitrogens with zero attached hydrogens (tertiary/aromatic N) is 1. The predicted molar refractivity (Wildman–Crippen MR) is 122 cm³/mol. The maximum Gasteiger partial charge on any atom is 0.290 e. The van der Waals surface area contributed by atoms with Crippen molar-refractivity contribution in [3.63, 3.8) is 0 Å². The van der Waals surface area contributed by atoms with Crippen LogP contribution in [0.25, 0.3) is 11.0 Å². The number of carbonyl (C=O) groups is 2. The summed E-state index contributed by atoms with van der Waals surface area (Å²) in [6.45, 7) is 2.51. The molecule has 0 fully saturated rings. The van der Waals surface area contributed by atoms with Crippen molar-refractivity contribution in [2.45, 2.75) is 32.2 Å². The largest absolute Gasteiger partial charge is 0.503 e. The number of aliphatic hydroxyl groups is 1. The quantitative estimate of drug-likeness (QED) is 0.341. The van der Waals surface area contributed by atoms with Crippen molar-refractivity contribution in [1.29, 1.82) is 0 Å². The highest BCUT2D eigenvalue weighted by atomic mass is 35.5. The Labute approximate surface area is 191 Å². The average Bonchev–Trinajstić information content (AvgIpc) is 3.33. The lowest BCUT2D eigenvalue weighted by Crippen LogP contribution is -2.32. The molecule has 4 rings (SSSR count). The molecule has 7 heteroatoms. The molecule has 0 aliphatic carbocycles. The van der Waals surface area contributed by atoms with Gasteiger partial charge in [-0.05, 0) is 48.4 Å². The first-order valence-electron chi connectivity index (χ1n) is 10.6. The Hall–Kier alpha value is -3.25. The first kappa shape index (κ1) is 22.0. The highest BCUT2D eigenvalue weighted by molar-refractivity contribution is 6.31. The van der Waals surface area contributed by atoms with Crippen LogP contribution < -0.4 is 4.74 Å². The van der Waals surface area contributed by atoms with Gasteiger partial charge in [0.1, 0.15) is 11.3 Å². The van der Waals surface area contributed by atoms with E-state index in [-0.39, 0.29) is 11.3 Å². The number of unbranched alkanes of at least 4 members (excludes halogenated alkanes) is 2. The number of halogens is 1. The summed E-state index contributed by atoms with van der Waals surface area (Å²) in [5.74, 6) is -0.909. The summed E-state index contributed by atoms with van der Waals surface area (Å²) < 4.78 is 11.0. The second-order valence-electron chi connectivity index (χ2n) is 7.77. The van der Waals surface area contributed by atoms with E-state index in [2.05, 4.69) is 6.92 Å². The van der Waals surface area contributed by atoms with Gasteiger partial charge in [-0.25, -0.2) is 0 Å². The highest BCUT2D eigenvalue weighted by Gasteiger charge is 2.44. The Balaban J connectivity index is 1.76. The van der Waals surface area contributed by atoms with Gasteiger partial charge >= 0.3 is 0 Å². The van der Waals surface area contributed by atoms with E-state index in [1.54, 1.807) is 60.5 Å². The van der Waals surface area contributed by atoms with E-state index in [4.69, 9.17) is 20.8 Å². The van der Waals surface area contributed by atoms with Gasteiger partial charge in [-0.1, -0.05) is 43.5 Å². The Morgan fingerprint density at radius 2 is 1.91 bits per heavy atom. The van der Waals surface area contributed by atoms with Crippen molar-refractivity contribution in [3.8, 4) is 5.75 Å². The topological polar surface area (TPSA) is 80.0 Å². The number of methoxy groups -OCH3 is 1. The number of furan rings is 1. The number of ketones is 1. The predicted octanol–water partition coefficient (Wildman–Crippen LogP) is 5.86. The minimum atomic E-state index is -0.713. The molecule has 2 aromatic carbocycles. The third-order valence-corrected chi connectivity index (χ3v) is 5.92. The molecule has 1 aliphatic rings. The van der Waals surface area contributed by atoms with Crippen molar-refractivity contribution in [2.24, 2.45) is 0 Å². The average molecular weight is 454 g/mol. The van der Waals surface area contributed by atoms with Crippen LogP contribution in [0.5, 0.6) is 5.75 Å². The van der Waals surface area contributed by atoms with E-state index in [0.29, 0.717) is 33.8 Å². The summed E-state index contributed by atoms with van der Waals surface area (Å²) in [5.41, 5.74) is 1.23. The summed E-state index contributed by atoms with van der Waals surface area (Å²) in [6, 6.07) is 13.1. The van der Waals surface area contributed by atoms with E-state index in [0.717, 1.165) is 19.3 Å². The van der Waals surface area contributed by atoms with E-state index in [1.807, 2.05) is 0 Å². The van der Waals surface area contributed by atoms with Crippen molar-refractivity contribution < 1.29 is 23.8 Å². The standard InChI is InChI=1S/C25H24ClNO5/c1-3-4-5-12-27-22(15-6-9-18(31-2)10-7-15)21(24(29)25(27)30)23(28)20-14-16-13-17(26)8-11-19(16)32-20/h6-11,13-14,22,29H,3-5,12H2,1-2H3. The molecule has 1 N–H and O–H groups in total. The number of amides is 1. The van der Waals surface area contributed by atoms with Gasteiger partial charge in [-0.3, -0.25) is 9.59 Å². The number of ether oxygens (including phenoxy) is 1. The molecule has 32 heavy (non-hydrogen) atoms. The van der Waals surface area contributed by atoms with Crippen LogP contribution in [0.1, 0.15) is 48.3 Å². The molecule has 1 atom stereocenters. The van der Waals surface area contributed by atoms with Gasteiger partial charge in [0.2, 0.25) is 5.78 Å². The smallest absolute Gasteiger partial charge is 0.290 e. The third-order valence-electron chi connectivity index (χ3n) is 5.68. The van der Waals surface area contributed by atoms with Crippen LogP contribution in [-0.4, -0.2) is 35.4 Å². The molecular formula is C25H24ClNO5. The molecule has 1 aromatic heterocycles. The van der Waals surface area contributed by atoms with E-state index < -0.39 is 23.5 Å². The molecule has 1 aliphatic heterocycles. The highest BCUT2D eigenvalue weighted by Crippen LogP contribution is 2.40. The third kappa shape index (κ3) is 3.98. The second kappa shape index (κ2) is 9.09. The van der Waals surface area contributed by atoms with Crippen molar-refractivity contribution in [2.75, 3.05) is 13.7 Å². The minimum Gasteiger partial charge on any atom is -0.503 e. The monoisotopic (exact) mass is 453 g/mol. The summed E-state index contributed by atoms with van der Waals surface area (Å²) in [4.78, 5) is 28.0. The summed E-state index contributed by atoms with van der Waals surface area (Å²) in [7, 11) is 1.57. The van der Waals surface area contributed by atoms with Crippen LogP contribution in [-0.2, 0) is 4.79 Å². The summed E-state index contributed by atoms with van der Waals surface area (Å²) >= 11 is 6.05. The fraction of sp³-hybridized carbons (Fsp3) is 0.280. The van der Waals surface area contributed by atoms with E-state index in [9.17, 15) is 14.7 Å². The molecule has 0 radical (unpaired) electrons. The molecule has 0 spiro atoms. The fourth-order valence-corrected chi connectivity index (χ4v) is 4.22. The van der Waals surface area contributed by atoms with Crippen molar-refractivity contribution >= 4 is 34.3 Å². The van der Waals surface area contributed by atoms with Crippen LogP contribution in [0.4, 0.5) is 0 Å². The van der Waals surface area contributed by atoms with Crippen LogP contribution >= 0.6 is 11.6 Å². The number of carbonyl (C=O) groups excluding carboxylic acids is 2. The van der Waals surface area contributed by atoms with Crippen LogP contribution in [0.15, 0.2) is 64.3 Å². The van der Waals surface area contributed by atoms with Gasteiger partial charge in [0.25, 0.3) is 5.91 Å². The molecule has 3 aromatic rings. The zero-order valence-corrected chi connectivity index (χ0v) is 18.7. The minimum absolute atomic E-state index is 0.0156. The number of aliphatic hydroxyl groups excluding tert-OH is 1. The van der Waals surface area contributed by atoms with Crippen LogP contribution in [0.3, 0.4) is 0 Å². The number of fused-ring (bicyclic) bond motifs is 1. The van der Waals surface area contributed by atoms with Gasteiger partial charge in [0, 0.05) is 17.0 Å². The van der Waals surface area contributed by atoms with Gasteiger partial charge < -0.3 is 19.2 Å². The Kier molecular flexibility index (Phi) is 6.24. The summed E-state index contributed by atoms with van der Waals surface area (Å²) in [6.07, 6.45) is 2.70. The lowest BCUT2D eigenvalue weighted by molar-refractivity contribution is -0.129. The number of rotatable bonds is 8. The van der Waals surface area contributed by atoms with Gasteiger partial charge in [0.15, 0.2) is 11.5 Å². The van der Waals surface area contributed by atoms with Gasteiger partial charge in [-0.15, -0.1) is 0 Å². The first-order chi connectivity index (χ1) is 15.4. The molecule has 1 unspecified atom stereocenters. The van der Waals surface area contributed by atoms with E-state index in [1.165, 1.54) is 0 Å².